The molecule has 0 bridgehead atoms. The Morgan fingerprint density at radius 3 is 2.17 bits per heavy atom. The first-order chi connectivity index (χ1) is 11.3. The second-order valence-corrected chi connectivity index (χ2v) is 6.33. The zero-order valence-corrected chi connectivity index (χ0v) is 15.4. The molecule has 1 N–H and O–H groups in total. The molecule has 0 amide bonds. The monoisotopic (exact) mass is 351 g/mol. The van der Waals surface area contributed by atoms with E-state index >= 15 is 0 Å². The van der Waals surface area contributed by atoms with E-state index in [0.717, 1.165) is 0 Å². The molecule has 0 atom stereocenters. The maximum Gasteiger partial charge on any atom is 0.350 e. The third kappa shape index (κ3) is 4.07. The number of carbonyl (C=O) groups is 1. The zero-order valence-electron chi connectivity index (χ0n) is 14.6. The van der Waals surface area contributed by atoms with Gasteiger partial charge in [0.1, 0.15) is 4.88 Å². The fourth-order valence-corrected chi connectivity index (χ4v) is 2.60. The first kappa shape index (κ1) is 17.9. The average Bonchev–Trinajstić information content (AvgIpc) is 2.87. The molecule has 9 nitrogen and oxygen atoms in total. The largest absolute Gasteiger partial charge is 0.462 e. The van der Waals surface area contributed by atoms with Gasteiger partial charge in [-0.15, -0.1) is 0 Å². The smallest absolute Gasteiger partial charge is 0.350 e. The van der Waals surface area contributed by atoms with Crippen LogP contribution in [0, 0.1) is 6.92 Å². The second kappa shape index (κ2) is 7.39. The van der Waals surface area contributed by atoms with Gasteiger partial charge in [0.05, 0.1) is 12.3 Å². The summed E-state index contributed by atoms with van der Waals surface area (Å²) >= 11 is 1.21. The number of nitrogens with one attached hydrogen (secondary N) is 1. The number of aromatic nitrogens is 4. The molecule has 2 rings (SSSR count). The van der Waals surface area contributed by atoms with E-state index in [1.807, 2.05) is 28.2 Å². The summed E-state index contributed by atoms with van der Waals surface area (Å²) in [4.78, 5) is 33.3. The van der Waals surface area contributed by atoms with Crippen LogP contribution in [-0.2, 0) is 4.74 Å². The highest BCUT2D eigenvalue weighted by Gasteiger charge is 2.18. The molecule has 0 saturated heterocycles. The normalized spacial score (nSPS) is 10.4. The molecule has 0 aromatic carbocycles. The molecule has 0 unspecified atom stereocenters. The molecular weight excluding hydrogens is 330 g/mol. The number of rotatable bonds is 6. The van der Waals surface area contributed by atoms with Gasteiger partial charge in [-0.1, -0.05) is 11.3 Å². The third-order valence-electron chi connectivity index (χ3n) is 2.89. The van der Waals surface area contributed by atoms with E-state index in [1.54, 1.807) is 23.6 Å². The van der Waals surface area contributed by atoms with Gasteiger partial charge in [-0.3, -0.25) is 5.32 Å². The molecule has 24 heavy (non-hydrogen) atoms. The Kier molecular flexibility index (Phi) is 5.50. The predicted molar refractivity (Wildman–Crippen MR) is 94.6 cm³/mol. The maximum absolute atomic E-state index is 11.9. The minimum absolute atomic E-state index is 0.324. The van der Waals surface area contributed by atoms with Gasteiger partial charge in [0.25, 0.3) is 0 Å². The standard InChI is InChI=1S/C14H21N7O2S/c1-7-23-10(22)9-8(2)15-14(24-9)18-11-16-12(20(3)4)19-13(17-11)21(5)6/h7H2,1-6H3,(H,15,16,17,18,19). The van der Waals surface area contributed by atoms with Crippen LogP contribution in [0.25, 0.3) is 0 Å². The first-order valence-corrected chi connectivity index (χ1v) is 8.15. The summed E-state index contributed by atoms with van der Waals surface area (Å²) in [6, 6.07) is 0. The number of hydrogen-bond donors (Lipinski definition) is 1. The number of nitrogens with zero attached hydrogens (tertiary/aromatic N) is 6. The zero-order chi connectivity index (χ0) is 17.9. The number of carbonyl (C=O) groups excluding carboxylic acids is 1. The number of hydrogen-bond acceptors (Lipinski definition) is 10. The Balaban J connectivity index is 2.31. The fourth-order valence-electron chi connectivity index (χ4n) is 1.74. The van der Waals surface area contributed by atoms with Gasteiger partial charge in [0, 0.05) is 28.2 Å². The maximum atomic E-state index is 11.9. The molecule has 0 aliphatic rings. The van der Waals surface area contributed by atoms with Crippen LogP contribution in [0.3, 0.4) is 0 Å². The van der Waals surface area contributed by atoms with Crippen LogP contribution in [0.1, 0.15) is 22.3 Å². The average molecular weight is 351 g/mol. The summed E-state index contributed by atoms with van der Waals surface area (Å²) in [6.45, 7) is 3.85. The minimum atomic E-state index is -0.376. The highest BCUT2D eigenvalue weighted by molar-refractivity contribution is 7.17. The summed E-state index contributed by atoms with van der Waals surface area (Å²) in [5.41, 5.74) is 0.607. The highest BCUT2D eigenvalue weighted by Crippen LogP contribution is 2.26. The Morgan fingerprint density at radius 1 is 1.08 bits per heavy atom. The van der Waals surface area contributed by atoms with Gasteiger partial charge in [-0.05, 0) is 13.8 Å². The van der Waals surface area contributed by atoms with Crippen molar-refractivity contribution in [2.45, 2.75) is 13.8 Å². The summed E-state index contributed by atoms with van der Waals surface area (Å²) in [7, 11) is 7.41. The van der Waals surface area contributed by atoms with Gasteiger partial charge in [-0.25, -0.2) is 9.78 Å². The number of thiazole rings is 1. The Hall–Kier alpha value is -2.49. The number of esters is 1. The van der Waals surface area contributed by atoms with Crippen molar-refractivity contribution < 1.29 is 9.53 Å². The Labute approximate surface area is 144 Å². The molecule has 2 aromatic heterocycles. The summed E-state index contributed by atoms with van der Waals surface area (Å²) in [5.74, 6) is 1.03. The van der Waals surface area contributed by atoms with Crippen molar-refractivity contribution in [3.63, 3.8) is 0 Å². The highest BCUT2D eigenvalue weighted by atomic mass is 32.1. The summed E-state index contributed by atoms with van der Waals surface area (Å²) in [6.07, 6.45) is 0. The van der Waals surface area contributed by atoms with Crippen LogP contribution >= 0.6 is 11.3 Å². The van der Waals surface area contributed by atoms with Crippen molar-refractivity contribution in [2.24, 2.45) is 0 Å². The van der Waals surface area contributed by atoms with Crippen molar-refractivity contribution in [3.8, 4) is 0 Å². The van der Waals surface area contributed by atoms with Crippen LogP contribution < -0.4 is 15.1 Å². The van der Waals surface area contributed by atoms with Gasteiger partial charge >= 0.3 is 5.97 Å². The molecule has 0 fully saturated rings. The number of aryl methyl sites for hydroxylation is 1. The van der Waals surface area contributed by atoms with Crippen molar-refractivity contribution in [1.82, 2.24) is 19.9 Å². The molecule has 2 heterocycles. The van der Waals surface area contributed by atoms with E-state index in [0.29, 0.717) is 40.2 Å². The van der Waals surface area contributed by atoms with E-state index in [9.17, 15) is 4.79 Å². The SMILES string of the molecule is CCOC(=O)c1sc(Nc2nc(N(C)C)nc(N(C)C)n2)nc1C. The summed E-state index contributed by atoms with van der Waals surface area (Å²) in [5, 5.41) is 3.56. The molecule has 0 saturated carbocycles. The van der Waals surface area contributed by atoms with Crippen LogP contribution in [0.15, 0.2) is 0 Å². The summed E-state index contributed by atoms with van der Waals surface area (Å²) < 4.78 is 5.02. The molecule has 2 aromatic rings. The van der Waals surface area contributed by atoms with Crippen LogP contribution in [0.4, 0.5) is 23.0 Å². The molecule has 130 valence electrons. The predicted octanol–water partition coefficient (Wildman–Crippen LogP) is 1.69. The van der Waals surface area contributed by atoms with Crippen LogP contribution in [0.5, 0.6) is 0 Å². The number of ether oxygens (including phenoxy) is 1. The Morgan fingerprint density at radius 2 is 1.67 bits per heavy atom. The molecule has 0 spiro atoms. The van der Waals surface area contributed by atoms with E-state index in [2.05, 4.69) is 25.3 Å². The molecular formula is C14H21N7O2S. The Bertz CT molecular complexity index is 704. The lowest BCUT2D eigenvalue weighted by molar-refractivity contribution is 0.0531. The van der Waals surface area contributed by atoms with Crippen molar-refractivity contribution in [1.29, 1.82) is 0 Å². The molecule has 0 aliphatic heterocycles. The van der Waals surface area contributed by atoms with Gasteiger partial charge in [-0.2, -0.15) is 15.0 Å². The minimum Gasteiger partial charge on any atom is -0.462 e. The molecule has 0 radical (unpaired) electrons. The van der Waals surface area contributed by atoms with Crippen molar-refractivity contribution >= 4 is 40.3 Å². The topological polar surface area (TPSA) is 96.4 Å². The van der Waals surface area contributed by atoms with E-state index < -0.39 is 0 Å². The lowest BCUT2D eigenvalue weighted by atomic mass is 10.4. The molecule has 10 heteroatoms. The molecule has 0 aliphatic carbocycles. The lowest BCUT2D eigenvalue weighted by Crippen LogP contribution is -2.19. The van der Waals surface area contributed by atoms with Crippen molar-refractivity contribution in [3.05, 3.63) is 10.6 Å². The second-order valence-electron chi connectivity index (χ2n) is 5.33. The van der Waals surface area contributed by atoms with Gasteiger partial charge in [0.15, 0.2) is 5.13 Å². The van der Waals surface area contributed by atoms with Crippen LogP contribution in [0.2, 0.25) is 0 Å². The van der Waals surface area contributed by atoms with E-state index in [4.69, 9.17) is 4.74 Å². The van der Waals surface area contributed by atoms with Crippen molar-refractivity contribution in [2.75, 3.05) is 49.9 Å². The first-order valence-electron chi connectivity index (χ1n) is 7.34. The third-order valence-corrected chi connectivity index (χ3v) is 3.94. The van der Waals surface area contributed by atoms with Gasteiger partial charge in [0.2, 0.25) is 17.8 Å². The van der Waals surface area contributed by atoms with Crippen LogP contribution in [-0.4, -0.2) is 60.7 Å². The fraction of sp³-hybridized carbons (Fsp3) is 0.500. The quantitative estimate of drug-likeness (QED) is 0.780. The van der Waals surface area contributed by atoms with E-state index in [-0.39, 0.29) is 5.97 Å². The lowest BCUT2D eigenvalue weighted by Gasteiger charge is -2.16. The number of anilines is 4. The van der Waals surface area contributed by atoms with Gasteiger partial charge < -0.3 is 14.5 Å². The van der Waals surface area contributed by atoms with E-state index in [1.165, 1.54) is 11.3 Å².